The summed E-state index contributed by atoms with van der Waals surface area (Å²) < 4.78 is 0. The first kappa shape index (κ1) is 34.0. The predicted octanol–water partition coefficient (Wildman–Crippen LogP) is 14.9. The zero-order valence-corrected chi connectivity index (χ0v) is 30.1. The average molecular weight is 693 g/mol. The van der Waals surface area contributed by atoms with E-state index in [0.29, 0.717) is 0 Å². The standard InChI is InChI=1S/C52H40N2/c1-3-39-13-11-19-51(37-39)53(47-29-21-43(22-30-47)41-15-7-5-8-16-41)49-33-25-45(26-34-49)46-27-35-50(36-28-46)54(52-20-12-14-40(4-2)38-52)48-31-23-44(24-32-48)42-17-9-6-10-18-42/h3-38H,1-2H2. The molecule has 0 amide bonds. The Morgan fingerprint density at radius 1 is 0.259 bits per heavy atom. The summed E-state index contributed by atoms with van der Waals surface area (Å²) in [5.41, 5.74) is 15.7. The largest absolute Gasteiger partial charge is 0.310 e. The highest BCUT2D eigenvalue weighted by molar-refractivity contribution is 5.83. The quantitative estimate of drug-likeness (QED) is 0.133. The monoisotopic (exact) mass is 692 g/mol. The smallest absolute Gasteiger partial charge is 0.0467 e. The van der Waals surface area contributed by atoms with Crippen LogP contribution in [0.2, 0.25) is 0 Å². The third-order valence-corrected chi connectivity index (χ3v) is 9.78. The minimum atomic E-state index is 1.08. The van der Waals surface area contributed by atoms with Crippen molar-refractivity contribution in [3.05, 3.63) is 231 Å². The molecule has 0 fully saturated rings. The second-order valence-corrected chi connectivity index (χ2v) is 13.2. The summed E-state index contributed by atoms with van der Waals surface area (Å²) in [6.45, 7) is 8.03. The highest BCUT2D eigenvalue weighted by atomic mass is 15.1. The van der Waals surface area contributed by atoms with E-state index in [0.717, 1.165) is 56.4 Å². The van der Waals surface area contributed by atoms with Crippen molar-refractivity contribution in [2.45, 2.75) is 0 Å². The maximum atomic E-state index is 4.02. The van der Waals surface area contributed by atoms with Crippen LogP contribution in [-0.4, -0.2) is 0 Å². The van der Waals surface area contributed by atoms with Crippen LogP contribution in [0.5, 0.6) is 0 Å². The Bertz CT molecular complexity index is 2300. The minimum Gasteiger partial charge on any atom is -0.310 e. The lowest BCUT2D eigenvalue weighted by molar-refractivity contribution is 1.28. The van der Waals surface area contributed by atoms with Crippen molar-refractivity contribution in [3.8, 4) is 33.4 Å². The molecule has 0 unspecified atom stereocenters. The second-order valence-electron chi connectivity index (χ2n) is 13.2. The van der Waals surface area contributed by atoms with E-state index in [4.69, 9.17) is 0 Å². The molecule has 0 N–H and O–H groups in total. The highest BCUT2D eigenvalue weighted by Crippen LogP contribution is 2.39. The van der Waals surface area contributed by atoms with Crippen LogP contribution in [0.3, 0.4) is 0 Å². The van der Waals surface area contributed by atoms with Crippen LogP contribution in [0, 0.1) is 0 Å². The number of hydrogen-bond donors (Lipinski definition) is 0. The van der Waals surface area contributed by atoms with E-state index in [1.54, 1.807) is 0 Å². The van der Waals surface area contributed by atoms with Gasteiger partial charge in [0.1, 0.15) is 0 Å². The fourth-order valence-electron chi connectivity index (χ4n) is 6.95. The van der Waals surface area contributed by atoms with Crippen molar-refractivity contribution < 1.29 is 0 Å². The number of anilines is 6. The fourth-order valence-corrected chi connectivity index (χ4v) is 6.95. The van der Waals surface area contributed by atoms with E-state index in [-0.39, 0.29) is 0 Å². The first-order valence-electron chi connectivity index (χ1n) is 18.2. The molecule has 0 radical (unpaired) electrons. The lowest BCUT2D eigenvalue weighted by atomic mass is 10.0. The maximum Gasteiger partial charge on any atom is 0.0467 e. The summed E-state index contributed by atoms with van der Waals surface area (Å²) >= 11 is 0. The van der Waals surface area contributed by atoms with Gasteiger partial charge in [-0.3, -0.25) is 0 Å². The van der Waals surface area contributed by atoms with Crippen molar-refractivity contribution in [1.29, 1.82) is 0 Å². The van der Waals surface area contributed by atoms with E-state index in [9.17, 15) is 0 Å². The highest BCUT2D eigenvalue weighted by Gasteiger charge is 2.16. The molecule has 0 saturated carbocycles. The molecule has 54 heavy (non-hydrogen) atoms. The van der Waals surface area contributed by atoms with Crippen LogP contribution >= 0.6 is 0 Å². The van der Waals surface area contributed by atoms with Crippen molar-refractivity contribution >= 4 is 46.3 Å². The Morgan fingerprint density at radius 3 is 0.815 bits per heavy atom. The Balaban J connectivity index is 1.10. The van der Waals surface area contributed by atoms with Crippen LogP contribution in [0.25, 0.3) is 45.5 Å². The van der Waals surface area contributed by atoms with E-state index in [1.807, 2.05) is 12.2 Å². The SMILES string of the molecule is C=Cc1cccc(N(c2ccc(-c3ccccc3)cc2)c2ccc(-c3ccc(N(c4ccc(-c5ccccc5)cc4)c4cccc(C=C)c4)cc3)cc2)c1. The maximum absolute atomic E-state index is 4.02. The van der Waals surface area contributed by atoms with Gasteiger partial charge in [-0.25, -0.2) is 0 Å². The van der Waals surface area contributed by atoms with Gasteiger partial charge >= 0.3 is 0 Å². The van der Waals surface area contributed by atoms with Gasteiger partial charge in [-0.15, -0.1) is 0 Å². The zero-order chi connectivity index (χ0) is 36.7. The Morgan fingerprint density at radius 2 is 0.537 bits per heavy atom. The summed E-state index contributed by atoms with van der Waals surface area (Å²) in [5, 5.41) is 0. The van der Waals surface area contributed by atoms with Crippen LogP contribution < -0.4 is 9.80 Å². The molecule has 2 nitrogen and oxygen atoms in total. The molecule has 0 spiro atoms. The van der Waals surface area contributed by atoms with Gasteiger partial charge in [-0.1, -0.05) is 159 Å². The molecular weight excluding hydrogens is 653 g/mol. The molecule has 8 rings (SSSR count). The first-order valence-corrected chi connectivity index (χ1v) is 18.2. The van der Waals surface area contributed by atoms with Gasteiger partial charge in [-0.2, -0.15) is 0 Å². The topological polar surface area (TPSA) is 6.48 Å². The summed E-state index contributed by atoms with van der Waals surface area (Å²) in [5.74, 6) is 0. The summed E-state index contributed by atoms with van der Waals surface area (Å²) in [4.78, 5) is 4.60. The molecule has 258 valence electrons. The third-order valence-electron chi connectivity index (χ3n) is 9.78. The molecule has 0 aliphatic carbocycles. The fraction of sp³-hybridized carbons (Fsp3) is 0. The van der Waals surface area contributed by atoms with Crippen LogP contribution in [0.4, 0.5) is 34.1 Å². The number of nitrogens with zero attached hydrogens (tertiary/aromatic N) is 2. The number of hydrogen-bond acceptors (Lipinski definition) is 2. The first-order chi connectivity index (χ1) is 26.7. The number of benzene rings is 8. The molecule has 0 atom stereocenters. The molecule has 0 saturated heterocycles. The lowest BCUT2D eigenvalue weighted by Crippen LogP contribution is -2.10. The molecule has 8 aromatic rings. The van der Waals surface area contributed by atoms with Crippen molar-refractivity contribution in [3.63, 3.8) is 0 Å². The lowest BCUT2D eigenvalue weighted by Gasteiger charge is -2.27. The Labute approximate surface area is 318 Å². The molecule has 0 heterocycles. The summed E-state index contributed by atoms with van der Waals surface area (Å²) in [7, 11) is 0. The third kappa shape index (κ3) is 7.27. The zero-order valence-electron chi connectivity index (χ0n) is 30.1. The van der Waals surface area contributed by atoms with Gasteiger partial charge in [-0.05, 0) is 117 Å². The number of rotatable bonds is 11. The van der Waals surface area contributed by atoms with Gasteiger partial charge in [0.05, 0.1) is 0 Å². The average Bonchev–Trinajstić information content (AvgIpc) is 3.26. The predicted molar refractivity (Wildman–Crippen MR) is 232 cm³/mol. The molecule has 0 bridgehead atoms. The van der Waals surface area contributed by atoms with Crippen LogP contribution in [0.1, 0.15) is 11.1 Å². The van der Waals surface area contributed by atoms with Gasteiger partial charge in [0, 0.05) is 34.1 Å². The van der Waals surface area contributed by atoms with Crippen molar-refractivity contribution in [2.75, 3.05) is 9.80 Å². The second kappa shape index (κ2) is 15.6. The van der Waals surface area contributed by atoms with E-state index in [2.05, 4.69) is 229 Å². The van der Waals surface area contributed by atoms with Crippen LogP contribution in [-0.2, 0) is 0 Å². The van der Waals surface area contributed by atoms with Crippen molar-refractivity contribution in [2.24, 2.45) is 0 Å². The van der Waals surface area contributed by atoms with Crippen LogP contribution in [0.15, 0.2) is 219 Å². The molecule has 0 aliphatic heterocycles. The van der Waals surface area contributed by atoms with Crippen molar-refractivity contribution in [1.82, 2.24) is 0 Å². The molecule has 0 aliphatic rings. The minimum absolute atomic E-state index is 1.08. The van der Waals surface area contributed by atoms with E-state index in [1.165, 1.54) is 22.3 Å². The summed E-state index contributed by atoms with van der Waals surface area (Å²) in [6, 6.07) is 73.2. The van der Waals surface area contributed by atoms with E-state index < -0.39 is 0 Å². The Hall–Kier alpha value is -7.16. The molecule has 2 heteroatoms. The molecule has 0 aromatic heterocycles. The molecular formula is C52H40N2. The summed E-state index contributed by atoms with van der Waals surface area (Å²) in [6.07, 6.45) is 3.79. The van der Waals surface area contributed by atoms with Gasteiger partial charge in [0.15, 0.2) is 0 Å². The normalized spacial score (nSPS) is 10.7. The van der Waals surface area contributed by atoms with Gasteiger partial charge in [0.2, 0.25) is 0 Å². The van der Waals surface area contributed by atoms with Gasteiger partial charge in [0.25, 0.3) is 0 Å². The van der Waals surface area contributed by atoms with Gasteiger partial charge < -0.3 is 9.80 Å². The van der Waals surface area contributed by atoms with E-state index >= 15 is 0 Å². The molecule has 8 aromatic carbocycles. The Kier molecular flexibility index (Phi) is 9.82.